The number of nitrogen functional groups attached to an aromatic ring is 2. The Balaban J connectivity index is 1.53. The van der Waals surface area contributed by atoms with Crippen molar-refractivity contribution in [1.29, 1.82) is 5.26 Å². The zero-order chi connectivity index (χ0) is 27.8. The largest absolute Gasteiger partial charge is 0.474 e. The number of nitrogens with zero attached hydrogens (tertiary/aromatic N) is 3. The lowest BCUT2D eigenvalue weighted by Crippen LogP contribution is -2.55. The molecule has 1 fully saturated rings. The Labute approximate surface area is 226 Å². The van der Waals surface area contributed by atoms with Crippen LogP contribution in [-0.2, 0) is 16.0 Å². The fraction of sp³-hybridized carbons (Fsp3) is 0.444. The Morgan fingerprint density at radius 3 is 2.42 bits per heavy atom. The highest BCUT2D eigenvalue weighted by Gasteiger charge is 2.42. The SMILES string of the molecule is CC(C)(C)OC(=O)N1CC(C(=O)N2CCC(C#N)(Cc3ccc(F)cc3)CC2)Oc2c1cc(Cl)c(N)c2N. The van der Waals surface area contributed by atoms with Crippen LogP contribution in [0, 0.1) is 22.6 Å². The van der Waals surface area contributed by atoms with Gasteiger partial charge in [0.2, 0.25) is 0 Å². The first-order valence-electron chi connectivity index (χ1n) is 12.3. The summed E-state index contributed by atoms with van der Waals surface area (Å²) in [6.07, 6.45) is -0.402. The van der Waals surface area contributed by atoms with Crippen molar-refractivity contribution in [2.24, 2.45) is 5.41 Å². The number of halogens is 2. The molecular formula is C27H31ClFN5O4. The van der Waals surface area contributed by atoms with Crippen LogP contribution in [0.2, 0.25) is 5.02 Å². The van der Waals surface area contributed by atoms with Gasteiger partial charge in [0.15, 0.2) is 11.9 Å². The van der Waals surface area contributed by atoms with Crippen LogP contribution >= 0.6 is 11.6 Å². The average Bonchev–Trinajstić information content (AvgIpc) is 2.87. The summed E-state index contributed by atoms with van der Waals surface area (Å²) >= 11 is 6.22. The Bertz CT molecular complexity index is 1280. The van der Waals surface area contributed by atoms with Gasteiger partial charge in [0.05, 0.1) is 34.4 Å². The predicted molar refractivity (Wildman–Crippen MR) is 142 cm³/mol. The van der Waals surface area contributed by atoms with E-state index in [4.69, 9.17) is 32.5 Å². The average molecular weight is 544 g/mol. The van der Waals surface area contributed by atoms with E-state index in [1.165, 1.54) is 23.1 Å². The number of nitriles is 1. The molecule has 38 heavy (non-hydrogen) atoms. The van der Waals surface area contributed by atoms with Crippen LogP contribution in [0.15, 0.2) is 30.3 Å². The molecule has 202 valence electrons. The topological polar surface area (TPSA) is 135 Å². The molecule has 2 aliphatic heterocycles. The Morgan fingerprint density at radius 2 is 1.84 bits per heavy atom. The number of anilines is 3. The lowest BCUT2D eigenvalue weighted by atomic mass is 9.75. The molecule has 1 atom stereocenters. The van der Waals surface area contributed by atoms with Gasteiger partial charge in [0.1, 0.15) is 17.1 Å². The van der Waals surface area contributed by atoms with Gasteiger partial charge in [-0.25, -0.2) is 9.18 Å². The van der Waals surface area contributed by atoms with Crippen LogP contribution in [0.5, 0.6) is 5.75 Å². The Kier molecular flexibility index (Phi) is 7.35. The summed E-state index contributed by atoms with van der Waals surface area (Å²) in [5.41, 5.74) is 11.9. The number of nitrogens with two attached hydrogens (primary N) is 2. The maximum Gasteiger partial charge on any atom is 0.415 e. The molecule has 11 heteroatoms. The van der Waals surface area contributed by atoms with Crippen LogP contribution < -0.4 is 21.1 Å². The van der Waals surface area contributed by atoms with Crippen molar-refractivity contribution >= 4 is 40.7 Å². The number of ether oxygens (including phenoxy) is 2. The highest BCUT2D eigenvalue weighted by molar-refractivity contribution is 6.34. The van der Waals surface area contributed by atoms with Gasteiger partial charge < -0.3 is 25.8 Å². The van der Waals surface area contributed by atoms with Crippen molar-refractivity contribution < 1.29 is 23.5 Å². The molecule has 0 saturated carbocycles. The monoisotopic (exact) mass is 543 g/mol. The lowest BCUT2D eigenvalue weighted by molar-refractivity contribution is -0.140. The number of fused-ring (bicyclic) bond motifs is 1. The van der Waals surface area contributed by atoms with E-state index in [0.717, 1.165) is 5.56 Å². The van der Waals surface area contributed by atoms with Crippen molar-refractivity contribution in [3.63, 3.8) is 0 Å². The Hall–Kier alpha value is -3.71. The molecule has 2 amide bonds. The minimum absolute atomic E-state index is 0.0278. The van der Waals surface area contributed by atoms with Gasteiger partial charge in [-0.15, -0.1) is 0 Å². The van der Waals surface area contributed by atoms with Gasteiger partial charge in [0, 0.05) is 13.1 Å². The van der Waals surface area contributed by atoms with E-state index in [0.29, 0.717) is 32.4 Å². The maximum absolute atomic E-state index is 13.6. The molecule has 9 nitrogen and oxygen atoms in total. The standard InChI is InChI=1S/C27H31ClFN5O4/c1-26(2,3)38-25(36)34-14-20(37-23-19(34)12-18(28)21(31)22(23)32)24(35)33-10-8-27(15-30,9-11-33)13-16-4-6-17(29)7-5-16/h4-7,12,20H,8-11,13-14,31-32H2,1-3H3. The molecule has 4 N–H and O–H groups in total. The normalized spacial score (nSPS) is 18.7. The molecule has 1 unspecified atom stereocenters. The molecule has 0 aromatic heterocycles. The van der Waals surface area contributed by atoms with Crippen LogP contribution in [0.25, 0.3) is 0 Å². The van der Waals surface area contributed by atoms with Crippen molar-refractivity contribution in [2.45, 2.75) is 51.7 Å². The summed E-state index contributed by atoms with van der Waals surface area (Å²) in [6, 6.07) is 9.98. The van der Waals surface area contributed by atoms with Crippen LogP contribution in [0.4, 0.5) is 26.2 Å². The van der Waals surface area contributed by atoms with Crippen LogP contribution in [0.1, 0.15) is 39.2 Å². The second-order valence-corrected chi connectivity index (χ2v) is 11.2. The van der Waals surface area contributed by atoms with E-state index in [-0.39, 0.29) is 46.1 Å². The number of hydrogen-bond acceptors (Lipinski definition) is 7. The molecule has 2 aromatic carbocycles. The van der Waals surface area contributed by atoms with Crippen molar-refractivity contribution in [1.82, 2.24) is 4.90 Å². The van der Waals surface area contributed by atoms with E-state index >= 15 is 0 Å². The van der Waals surface area contributed by atoms with Gasteiger partial charge in [0.25, 0.3) is 5.91 Å². The van der Waals surface area contributed by atoms with E-state index < -0.39 is 23.2 Å². The smallest absolute Gasteiger partial charge is 0.415 e. The molecule has 1 saturated heterocycles. The molecule has 0 radical (unpaired) electrons. The summed E-state index contributed by atoms with van der Waals surface area (Å²) in [6.45, 7) is 5.74. The van der Waals surface area contributed by atoms with E-state index in [1.807, 2.05) is 0 Å². The first-order chi connectivity index (χ1) is 17.8. The summed E-state index contributed by atoms with van der Waals surface area (Å²) in [5.74, 6) is -0.591. The Morgan fingerprint density at radius 1 is 1.21 bits per heavy atom. The van der Waals surface area contributed by atoms with Crippen molar-refractivity contribution in [2.75, 3.05) is 36.0 Å². The maximum atomic E-state index is 13.6. The van der Waals surface area contributed by atoms with Crippen molar-refractivity contribution in [3.05, 3.63) is 46.7 Å². The number of hydrogen-bond donors (Lipinski definition) is 2. The summed E-state index contributed by atoms with van der Waals surface area (Å²) < 4.78 is 24.9. The molecular weight excluding hydrogens is 513 g/mol. The van der Waals surface area contributed by atoms with Gasteiger partial charge in [-0.3, -0.25) is 9.69 Å². The summed E-state index contributed by atoms with van der Waals surface area (Å²) in [4.78, 5) is 29.6. The molecule has 0 aliphatic carbocycles. The molecule has 2 aliphatic rings. The molecule has 2 aromatic rings. The van der Waals surface area contributed by atoms with Gasteiger partial charge >= 0.3 is 6.09 Å². The second-order valence-electron chi connectivity index (χ2n) is 10.8. The van der Waals surface area contributed by atoms with E-state index in [1.54, 1.807) is 37.8 Å². The molecule has 0 bridgehead atoms. The van der Waals surface area contributed by atoms with E-state index in [2.05, 4.69) is 6.07 Å². The third-order valence-electron chi connectivity index (χ3n) is 6.80. The summed E-state index contributed by atoms with van der Waals surface area (Å²) in [5, 5.41) is 10.1. The zero-order valence-electron chi connectivity index (χ0n) is 21.6. The second kappa shape index (κ2) is 10.2. The number of carbonyl (C=O) groups excluding carboxylic acids is 2. The van der Waals surface area contributed by atoms with Crippen molar-refractivity contribution in [3.8, 4) is 11.8 Å². The number of rotatable bonds is 3. The minimum atomic E-state index is -1.07. The minimum Gasteiger partial charge on any atom is -0.474 e. The number of amides is 2. The fourth-order valence-electron chi connectivity index (χ4n) is 4.72. The third kappa shape index (κ3) is 5.58. The zero-order valence-corrected chi connectivity index (χ0v) is 22.3. The number of likely N-dealkylation sites (tertiary alicyclic amines) is 1. The number of carbonyl (C=O) groups is 2. The summed E-state index contributed by atoms with van der Waals surface area (Å²) in [7, 11) is 0. The molecule has 4 rings (SSSR count). The van der Waals surface area contributed by atoms with E-state index in [9.17, 15) is 19.2 Å². The van der Waals surface area contributed by atoms with Gasteiger partial charge in [-0.1, -0.05) is 23.7 Å². The first kappa shape index (κ1) is 27.3. The van der Waals surface area contributed by atoms with Crippen LogP contribution in [0.3, 0.4) is 0 Å². The third-order valence-corrected chi connectivity index (χ3v) is 7.11. The molecule has 0 spiro atoms. The number of benzene rings is 2. The highest BCUT2D eigenvalue weighted by Crippen LogP contribution is 2.46. The lowest BCUT2D eigenvalue weighted by Gasteiger charge is -2.41. The van der Waals surface area contributed by atoms with Crippen LogP contribution in [-0.4, -0.2) is 48.2 Å². The van der Waals surface area contributed by atoms with Gasteiger partial charge in [-0.05, 0) is 63.8 Å². The molecule has 2 heterocycles. The predicted octanol–water partition coefficient (Wildman–Crippen LogP) is 4.52. The van der Waals surface area contributed by atoms with Gasteiger partial charge in [-0.2, -0.15) is 5.26 Å². The highest BCUT2D eigenvalue weighted by atomic mass is 35.5. The number of piperidine rings is 1. The quantitative estimate of drug-likeness (QED) is 0.543. The fourth-order valence-corrected chi connectivity index (χ4v) is 4.92. The first-order valence-corrected chi connectivity index (χ1v) is 12.7.